The number of carbonyl (C=O) groups excluding carboxylic acids is 1. The van der Waals surface area contributed by atoms with Crippen LogP contribution >= 0.6 is 0 Å². The number of benzene rings is 1. The highest BCUT2D eigenvalue weighted by molar-refractivity contribution is 5.93. The van der Waals surface area contributed by atoms with Gasteiger partial charge in [-0.3, -0.25) is 14.3 Å². The van der Waals surface area contributed by atoms with Crippen LogP contribution in [0.2, 0.25) is 0 Å². The Labute approximate surface area is 118 Å². The monoisotopic (exact) mass is 273 g/mol. The lowest BCUT2D eigenvalue weighted by Gasteiger charge is -2.13. The van der Waals surface area contributed by atoms with Gasteiger partial charge in [0.25, 0.3) is 5.91 Å². The Kier molecular flexibility index (Phi) is 4.20. The van der Waals surface area contributed by atoms with E-state index in [2.05, 4.69) is 5.10 Å². The molecule has 0 bridgehead atoms. The average molecular weight is 273 g/mol. The molecule has 0 aliphatic heterocycles. The number of carbonyl (C=O) groups is 1. The highest BCUT2D eigenvalue weighted by Crippen LogP contribution is 2.10. The molecule has 0 radical (unpaired) electrons. The molecule has 2 aromatic rings. The number of aryl methyl sites for hydroxylation is 2. The van der Waals surface area contributed by atoms with Gasteiger partial charge < -0.3 is 0 Å². The van der Waals surface area contributed by atoms with Crippen molar-refractivity contribution in [3.05, 3.63) is 52.8 Å². The van der Waals surface area contributed by atoms with Crippen molar-refractivity contribution in [2.24, 2.45) is 0 Å². The van der Waals surface area contributed by atoms with Crippen LogP contribution in [0.1, 0.15) is 27.3 Å². The minimum absolute atomic E-state index is 0.162. The minimum atomic E-state index is -0.162. The van der Waals surface area contributed by atoms with E-state index in [1.165, 1.54) is 12.2 Å². The molecule has 1 aromatic carbocycles. The third-order valence-corrected chi connectivity index (χ3v) is 3.20. The SMILES string of the molecule is CON(C)C(=O)c1ccc(Cn2nc(C)cc2C)cc1. The Morgan fingerprint density at radius 2 is 1.95 bits per heavy atom. The van der Waals surface area contributed by atoms with Gasteiger partial charge in [-0.2, -0.15) is 5.10 Å². The second-order valence-corrected chi connectivity index (χ2v) is 4.77. The Morgan fingerprint density at radius 1 is 1.30 bits per heavy atom. The number of amides is 1. The van der Waals surface area contributed by atoms with Crippen molar-refractivity contribution < 1.29 is 9.63 Å². The van der Waals surface area contributed by atoms with Crippen molar-refractivity contribution in [1.29, 1.82) is 0 Å². The molecule has 20 heavy (non-hydrogen) atoms. The van der Waals surface area contributed by atoms with Crippen LogP contribution in [0.25, 0.3) is 0 Å². The second-order valence-electron chi connectivity index (χ2n) is 4.77. The first-order valence-electron chi connectivity index (χ1n) is 6.43. The van der Waals surface area contributed by atoms with Crippen molar-refractivity contribution >= 4 is 5.91 Å². The predicted octanol–water partition coefficient (Wildman–Crippen LogP) is 2.18. The molecule has 0 saturated heterocycles. The van der Waals surface area contributed by atoms with Crippen LogP contribution in [-0.4, -0.2) is 34.9 Å². The fourth-order valence-electron chi connectivity index (χ4n) is 2.03. The van der Waals surface area contributed by atoms with E-state index in [4.69, 9.17) is 4.84 Å². The molecule has 1 amide bonds. The van der Waals surface area contributed by atoms with E-state index < -0.39 is 0 Å². The summed E-state index contributed by atoms with van der Waals surface area (Å²) in [5, 5.41) is 5.63. The van der Waals surface area contributed by atoms with Crippen molar-refractivity contribution in [3.8, 4) is 0 Å². The zero-order valence-electron chi connectivity index (χ0n) is 12.3. The van der Waals surface area contributed by atoms with Crippen LogP contribution in [0.15, 0.2) is 30.3 Å². The number of rotatable bonds is 4. The normalized spacial score (nSPS) is 10.6. The number of hydrogen-bond acceptors (Lipinski definition) is 3. The first-order chi connectivity index (χ1) is 9.51. The molecule has 0 spiro atoms. The van der Waals surface area contributed by atoms with Gasteiger partial charge in [0.05, 0.1) is 19.3 Å². The van der Waals surface area contributed by atoms with Crippen LogP contribution in [0, 0.1) is 13.8 Å². The van der Waals surface area contributed by atoms with Gasteiger partial charge >= 0.3 is 0 Å². The molecule has 5 heteroatoms. The maximum atomic E-state index is 11.9. The van der Waals surface area contributed by atoms with Gasteiger partial charge in [-0.1, -0.05) is 12.1 Å². The summed E-state index contributed by atoms with van der Waals surface area (Å²) >= 11 is 0. The topological polar surface area (TPSA) is 47.4 Å². The third-order valence-electron chi connectivity index (χ3n) is 3.20. The second kappa shape index (κ2) is 5.88. The Hall–Kier alpha value is -2.14. The molecule has 0 N–H and O–H groups in total. The highest BCUT2D eigenvalue weighted by Gasteiger charge is 2.11. The van der Waals surface area contributed by atoms with Gasteiger partial charge in [0.1, 0.15) is 0 Å². The van der Waals surface area contributed by atoms with Crippen LogP contribution < -0.4 is 0 Å². The van der Waals surface area contributed by atoms with Crippen LogP contribution in [0.5, 0.6) is 0 Å². The standard InChI is InChI=1S/C15H19N3O2/c1-11-9-12(2)18(16-11)10-13-5-7-14(8-6-13)15(19)17(3)20-4/h5-9H,10H2,1-4H3. The summed E-state index contributed by atoms with van der Waals surface area (Å²) in [5.74, 6) is -0.162. The molecular weight excluding hydrogens is 254 g/mol. The first kappa shape index (κ1) is 14.3. The van der Waals surface area contributed by atoms with Gasteiger partial charge in [-0.05, 0) is 37.6 Å². The van der Waals surface area contributed by atoms with E-state index >= 15 is 0 Å². The third kappa shape index (κ3) is 3.05. The molecule has 0 atom stereocenters. The molecule has 2 rings (SSSR count). The largest absolute Gasteiger partial charge is 0.277 e. The fraction of sp³-hybridized carbons (Fsp3) is 0.333. The van der Waals surface area contributed by atoms with Gasteiger partial charge in [0, 0.05) is 18.3 Å². The van der Waals surface area contributed by atoms with Gasteiger partial charge in [0.2, 0.25) is 0 Å². The molecule has 106 valence electrons. The quantitative estimate of drug-likeness (QED) is 0.802. The predicted molar refractivity (Wildman–Crippen MR) is 76.3 cm³/mol. The van der Waals surface area contributed by atoms with E-state index in [-0.39, 0.29) is 5.91 Å². The Balaban J connectivity index is 2.12. The van der Waals surface area contributed by atoms with Crippen LogP contribution in [0.3, 0.4) is 0 Å². The maximum absolute atomic E-state index is 11.9. The van der Waals surface area contributed by atoms with Gasteiger partial charge in [-0.15, -0.1) is 0 Å². The molecule has 1 heterocycles. The van der Waals surface area contributed by atoms with Crippen molar-refractivity contribution in [2.75, 3.05) is 14.2 Å². The summed E-state index contributed by atoms with van der Waals surface area (Å²) in [4.78, 5) is 16.8. The van der Waals surface area contributed by atoms with E-state index in [0.717, 1.165) is 17.0 Å². The summed E-state index contributed by atoms with van der Waals surface area (Å²) < 4.78 is 1.95. The number of nitrogens with zero attached hydrogens (tertiary/aromatic N) is 3. The zero-order chi connectivity index (χ0) is 14.7. The molecule has 0 aliphatic rings. The summed E-state index contributed by atoms with van der Waals surface area (Å²) in [6.07, 6.45) is 0. The average Bonchev–Trinajstić information content (AvgIpc) is 2.76. The molecular formula is C15H19N3O2. The first-order valence-corrected chi connectivity index (χ1v) is 6.43. The van der Waals surface area contributed by atoms with E-state index in [1.807, 2.05) is 36.7 Å². The molecule has 0 saturated carbocycles. The minimum Gasteiger partial charge on any atom is -0.274 e. The van der Waals surface area contributed by atoms with Gasteiger partial charge in [0.15, 0.2) is 0 Å². The molecule has 0 fully saturated rings. The van der Waals surface area contributed by atoms with Crippen molar-refractivity contribution in [2.45, 2.75) is 20.4 Å². The van der Waals surface area contributed by atoms with Crippen molar-refractivity contribution in [3.63, 3.8) is 0 Å². The van der Waals surface area contributed by atoms with E-state index in [9.17, 15) is 4.79 Å². The molecule has 1 aromatic heterocycles. The fourth-order valence-corrected chi connectivity index (χ4v) is 2.03. The smallest absolute Gasteiger partial charge is 0.274 e. The summed E-state index contributed by atoms with van der Waals surface area (Å²) in [6.45, 7) is 4.71. The molecule has 0 unspecified atom stereocenters. The Morgan fingerprint density at radius 3 is 2.45 bits per heavy atom. The molecule has 5 nitrogen and oxygen atoms in total. The summed E-state index contributed by atoms with van der Waals surface area (Å²) in [6, 6.07) is 9.53. The Bertz CT molecular complexity index is 602. The zero-order valence-corrected chi connectivity index (χ0v) is 12.3. The lowest BCUT2D eigenvalue weighted by atomic mass is 10.1. The summed E-state index contributed by atoms with van der Waals surface area (Å²) in [5.41, 5.74) is 3.84. The lowest BCUT2D eigenvalue weighted by molar-refractivity contribution is -0.0756. The number of aromatic nitrogens is 2. The van der Waals surface area contributed by atoms with E-state index in [0.29, 0.717) is 12.1 Å². The van der Waals surface area contributed by atoms with Gasteiger partial charge in [-0.25, -0.2) is 5.06 Å². The number of hydroxylamine groups is 2. The highest BCUT2D eigenvalue weighted by atomic mass is 16.7. The maximum Gasteiger partial charge on any atom is 0.277 e. The summed E-state index contributed by atoms with van der Waals surface area (Å²) in [7, 11) is 3.06. The van der Waals surface area contributed by atoms with Crippen molar-refractivity contribution in [1.82, 2.24) is 14.8 Å². The lowest BCUT2D eigenvalue weighted by Crippen LogP contribution is -2.25. The number of hydrogen-bond donors (Lipinski definition) is 0. The van der Waals surface area contributed by atoms with Crippen LogP contribution in [-0.2, 0) is 11.4 Å². The van der Waals surface area contributed by atoms with Crippen LogP contribution in [0.4, 0.5) is 0 Å². The van der Waals surface area contributed by atoms with E-state index in [1.54, 1.807) is 19.2 Å². The molecule has 0 aliphatic carbocycles.